The van der Waals surface area contributed by atoms with Crippen LogP contribution in [0.1, 0.15) is 50.4 Å². The predicted molar refractivity (Wildman–Crippen MR) is 87.1 cm³/mol. The summed E-state index contributed by atoms with van der Waals surface area (Å²) in [5.74, 6) is -0.392. The molecule has 1 unspecified atom stereocenters. The third-order valence-corrected chi connectivity index (χ3v) is 4.05. The van der Waals surface area contributed by atoms with Gasteiger partial charge in [-0.25, -0.2) is 4.79 Å². The molecule has 2 N–H and O–H groups in total. The molecule has 5 heteroatoms. The van der Waals surface area contributed by atoms with Gasteiger partial charge >= 0.3 is 5.97 Å². The van der Waals surface area contributed by atoms with E-state index in [0.717, 1.165) is 25.1 Å². The third-order valence-electron chi connectivity index (χ3n) is 3.76. The molecule has 1 aliphatic rings. The van der Waals surface area contributed by atoms with Crippen molar-refractivity contribution in [2.75, 3.05) is 17.2 Å². The smallest absolute Gasteiger partial charge is 0.338 e. The number of anilines is 2. The molecule has 1 aromatic carbocycles. The van der Waals surface area contributed by atoms with E-state index in [1.807, 2.05) is 13.8 Å². The molecule has 1 atom stereocenters. The van der Waals surface area contributed by atoms with Crippen LogP contribution in [0.3, 0.4) is 0 Å². The highest BCUT2D eigenvalue weighted by Gasteiger charge is 2.24. The zero-order valence-corrected chi connectivity index (χ0v) is 13.6. The van der Waals surface area contributed by atoms with Crippen molar-refractivity contribution in [3.05, 3.63) is 22.7 Å². The second kappa shape index (κ2) is 6.56. The summed E-state index contributed by atoms with van der Waals surface area (Å²) < 4.78 is 5.19. The molecule has 116 valence electrons. The maximum absolute atomic E-state index is 12.0. The van der Waals surface area contributed by atoms with Crippen molar-refractivity contribution in [3.8, 4) is 0 Å². The molecule has 0 aromatic heterocycles. The number of carbonyl (C=O) groups excluding carboxylic acids is 1. The molecule has 1 heterocycles. The largest absolute Gasteiger partial charge is 0.459 e. The number of benzene rings is 1. The summed E-state index contributed by atoms with van der Waals surface area (Å²) in [7, 11) is 0. The lowest BCUT2D eigenvalue weighted by molar-refractivity contribution is 0.0378. The molecule has 0 spiro atoms. The van der Waals surface area contributed by atoms with Gasteiger partial charge in [-0.15, -0.1) is 0 Å². The molecule has 1 aromatic rings. The van der Waals surface area contributed by atoms with Crippen LogP contribution in [0.2, 0.25) is 5.02 Å². The van der Waals surface area contributed by atoms with Crippen LogP contribution in [-0.2, 0) is 4.74 Å². The van der Waals surface area contributed by atoms with E-state index >= 15 is 0 Å². The van der Waals surface area contributed by atoms with E-state index in [1.165, 1.54) is 6.42 Å². The molecule has 0 radical (unpaired) electrons. The number of ether oxygens (including phenoxy) is 1. The fourth-order valence-corrected chi connectivity index (χ4v) is 3.09. The number of piperidine rings is 1. The van der Waals surface area contributed by atoms with Crippen LogP contribution in [0.5, 0.6) is 0 Å². The second-order valence-corrected chi connectivity index (χ2v) is 6.30. The van der Waals surface area contributed by atoms with Gasteiger partial charge < -0.3 is 15.4 Å². The SMILES string of the molecule is CC(C)OC(=O)c1cc(N)c(N2CCCCC2C)c(Cl)c1. The molecule has 2 rings (SSSR count). The van der Waals surface area contributed by atoms with Crippen LogP contribution >= 0.6 is 11.6 Å². The molecule has 0 aliphatic carbocycles. The Bertz CT molecular complexity index is 508. The molecule has 1 fully saturated rings. The van der Waals surface area contributed by atoms with Gasteiger partial charge in [-0.2, -0.15) is 0 Å². The molecular weight excluding hydrogens is 288 g/mol. The summed E-state index contributed by atoms with van der Waals surface area (Å²) >= 11 is 6.38. The summed E-state index contributed by atoms with van der Waals surface area (Å²) in [6.07, 6.45) is 3.33. The molecule has 0 amide bonds. The van der Waals surface area contributed by atoms with Gasteiger partial charge in [0.05, 0.1) is 28.1 Å². The Morgan fingerprint density at radius 1 is 1.43 bits per heavy atom. The molecule has 4 nitrogen and oxygen atoms in total. The molecule has 21 heavy (non-hydrogen) atoms. The van der Waals surface area contributed by atoms with E-state index in [4.69, 9.17) is 22.1 Å². The number of nitrogens with zero attached hydrogens (tertiary/aromatic N) is 1. The topological polar surface area (TPSA) is 55.6 Å². The van der Waals surface area contributed by atoms with Gasteiger partial charge in [-0.05, 0) is 52.2 Å². The number of hydrogen-bond donors (Lipinski definition) is 1. The Balaban J connectivity index is 2.31. The van der Waals surface area contributed by atoms with Gasteiger partial charge in [0.1, 0.15) is 0 Å². The number of hydrogen-bond acceptors (Lipinski definition) is 4. The lowest BCUT2D eigenvalue weighted by atomic mass is 10.0. The van der Waals surface area contributed by atoms with E-state index in [1.54, 1.807) is 12.1 Å². The predicted octanol–water partition coefficient (Wildman–Crippen LogP) is 3.87. The van der Waals surface area contributed by atoms with Crippen molar-refractivity contribution in [1.29, 1.82) is 0 Å². The van der Waals surface area contributed by atoms with Crippen molar-refractivity contribution >= 4 is 28.9 Å². The average Bonchev–Trinajstić information content (AvgIpc) is 2.39. The first-order chi connectivity index (χ1) is 9.90. The van der Waals surface area contributed by atoms with E-state index in [-0.39, 0.29) is 6.10 Å². The van der Waals surface area contributed by atoms with Crippen LogP contribution in [0.4, 0.5) is 11.4 Å². The first-order valence-corrected chi connectivity index (χ1v) is 7.84. The summed E-state index contributed by atoms with van der Waals surface area (Å²) in [6.45, 7) is 6.75. The first kappa shape index (κ1) is 16.0. The Morgan fingerprint density at radius 2 is 2.14 bits per heavy atom. The number of halogens is 1. The summed E-state index contributed by atoms with van der Waals surface area (Å²) in [6, 6.07) is 3.72. The van der Waals surface area contributed by atoms with E-state index < -0.39 is 5.97 Å². The normalized spacial score (nSPS) is 18.9. The van der Waals surface area contributed by atoms with Crippen LogP contribution in [-0.4, -0.2) is 24.7 Å². The Hall–Kier alpha value is -1.42. The van der Waals surface area contributed by atoms with Gasteiger partial charge in [0.2, 0.25) is 0 Å². The Labute approximate surface area is 131 Å². The Morgan fingerprint density at radius 3 is 2.71 bits per heavy atom. The molecule has 0 saturated carbocycles. The van der Waals surface area contributed by atoms with Gasteiger partial charge in [0, 0.05) is 12.6 Å². The fraction of sp³-hybridized carbons (Fsp3) is 0.562. The van der Waals surface area contributed by atoms with Crippen LogP contribution in [0.15, 0.2) is 12.1 Å². The highest BCUT2D eigenvalue weighted by Crippen LogP contribution is 2.37. The second-order valence-electron chi connectivity index (χ2n) is 5.89. The van der Waals surface area contributed by atoms with Gasteiger partial charge in [0.15, 0.2) is 0 Å². The third kappa shape index (κ3) is 3.62. The van der Waals surface area contributed by atoms with E-state index in [0.29, 0.717) is 22.3 Å². The lowest BCUT2D eigenvalue weighted by Gasteiger charge is -2.36. The number of carbonyl (C=O) groups is 1. The minimum absolute atomic E-state index is 0.167. The zero-order valence-electron chi connectivity index (χ0n) is 12.9. The lowest BCUT2D eigenvalue weighted by Crippen LogP contribution is -2.38. The van der Waals surface area contributed by atoms with Crippen molar-refractivity contribution in [2.45, 2.75) is 52.2 Å². The average molecular weight is 311 g/mol. The number of rotatable bonds is 3. The van der Waals surface area contributed by atoms with E-state index in [2.05, 4.69) is 11.8 Å². The molecule has 0 bridgehead atoms. The quantitative estimate of drug-likeness (QED) is 0.680. The Kier molecular flexibility index (Phi) is 4.99. The number of esters is 1. The van der Waals surface area contributed by atoms with Crippen LogP contribution in [0, 0.1) is 0 Å². The standard InChI is InChI=1S/C16H23ClN2O2/c1-10(2)21-16(20)12-8-13(17)15(14(18)9-12)19-7-5-4-6-11(19)3/h8-11H,4-7,18H2,1-3H3. The van der Waals surface area contributed by atoms with Gasteiger partial charge in [0.25, 0.3) is 0 Å². The van der Waals surface area contributed by atoms with Crippen LogP contribution in [0.25, 0.3) is 0 Å². The highest BCUT2D eigenvalue weighted by atomic mass is 35.5. The van der Waals surface area contributed by atoms with Crippen molar-refractivity contribution in [3.63, 3.8) is 0 Å². The zero-order chi connectivity index (χ0) is 15.6. The molecule has 1 saturated heterocycles. The minimum atomic E-state index is -0.392. The summed E-state index contributed by atoms with van der Waals surface area (Å²) in [4.78, 5) is 14.2. The first-order valence-electron chi connectivity index (χ1n) is 7.46. The van der Waals surface area contributed by atoms with Crippen molar-refractivity contribution < 1.29 is 9.53 Å². The maximum atomic E-state index is 12.0. The monoisotopic (exact) mass is 310 g/mol. The van der Waals surface area contributed by atoms with Crippen LogP contribution < -0.4 is 10.6 Å². The number of nitrogens with two attached hydrogens (primary N) is 1. The summed E-state index contributed by atoms with van der Waals surface area (Å²) in [5.41, 5.74) is 7.92. The highest BCUT2D eigenvalue weighted by molar-refractivity contribution is 6.34. The van der Waals surface area contributed by atoms with Gasteiger partial charge in [-0.1, -0.05) is 11.6 Å². The van der Waals surface area contributed by atoms with Crippen molar-refractivity contribution in [1.82, 2.24) is 0 Å². The maximum Gasteiger partial charge on any atom is 0.338 e. The summed E-state index contributed by atoms with van der Waals surface area (Å²) in [5, 5.41) is 0.513. The van der Waals surface area contributed by atoms with E-state index in [9.17, 15) is 4.79 Å². The molecular formula is C16H23ClN2O2. The molecule has 1 aliphatic heterocycles. The fourth-order valence-electron chi connectivity index (χ4n) is 2.75. The number of nitrogen functional groups attached to an aromatic ring is 1. The minimum Gasteiger partial charge on any atom is -0.459 e. The van der Waals surface area contributed by atoms with Crippen molar-refractivity contribution in [2.24, 2.45) is 0 Å². The van der Waals surface area contributed by atoms with Gasteiger partial charge in [-0.3, -0.25) is 0 Å².